The average molecular weight is 320 g/mol. The van der Waals surface area contributed by atoms with E-state index < -0.39 is 0 Å². The van der Waals surface area contributed by atoms with Gasteiger partial charge in [0.1, 0.15) is 9.88 Å². The predicted molar refractivity (Wildman–Crippen MR) is 89.2 cm³/mol. The molecule has 0 aliphatic carbocycles. The Balaban J connectivity index is 1.82. The van der Waals surface area contributed by atoms with Crippen LogP contribution in [0.1, 0.15) is 20.9 Å². The van der Waals surface area contributed by atoms with Gasteiger partial charge in [0.2, 0.25) is 0 Å². The van der Waals surface area contributed by atoms with Crippen molar-refractivity contribution in [1.82, 2.24) is 9.97 Å². The van der Waals surface area contributed by atoms with Gasteiger partial charge in [-0.1, -0.05) is 6.07 Å². The highest BCUT2D eigenvalue weighted by molar-refractivity contribution is 7.17. The van der Waals surface area contributed by atoms with Crippen molar-refractivity contribution in [2.24, 2.45) is 0 Å². The van der Waals surface area contributed by atoms with E-state index in [0.29, 0.717) is 26.8 Å². The van der Waals surface area contributed by atoms with Gasteiger partial charge >= 0.3 is 0 Å². The number of nitrogens with zero attached hydrogens (tertiary/aromatic N) is 3. The van der Waals surface area contributed by atoms with Gasteiger partial charge < -0.3 is 5.32 Å². The number of hydrogen-bond donors (Lipinski definition) is 1. The number of carbonyl (C=O) groups excluding carboxylic acids is 1. The fraction of sp³-hybridized carbons (Fsp3) is 0.0588. The molecule has 2 aromatic heterocycles. The molecule has 1 amide bonds. The first-order valence-corrected chi connectivity index (χ1v) is 7.69. The number of carbonyl (C=O) groups is 1. The van der Waals surface area contributed by atoms with E-state index in [0.717, 1.165) is 5.69 Å². The first-order chi connectivity index (χ1) is 11.2. The Kier molecular flexibility index (Phi) is 4.13. The Bertz CT molecular complexity index is 879. The van der Waals surface area contributed by atoms with Crippen molar-refractivity contribution in [1.29, 1.82) is 5.26 Å². The maximum Gasteiger partial charge on any atom is 0.267 e. The highest BCUT2D eigenvalue weighted by Crippen LogP contribution is 2.27. The molecule has 3 rings (SSSR count). The van der Waals surface area contributed by atoms with Crippen LogP contribution in [0.15, 0.2) is 48.7 Å². The van der Waals surface area contributed by atoms with Crippen LogP contribution in [0.4, 0.5) is 5.69 Å². The lowest BCUT2D eigenvalue weighted by molar-refractivity contribution is 0.103. The van der Waals surface area contributed by atoms with Crippen LogP contribution < -0.4 is 5.32 Å². The van der Waals surface area contributed by atoms with Gasteiger partial charge in [0.15, 0.2) is 0 Å². The number of amides is 1. The third kappa shape index (κ3) is 3.25. The number of aryl methyl sites for hydroxylation is 1. The number of aromatic nitrogens is 2. The van der Waals surface area contributed by atoms with Crippen molar-refractivity contribution >= 4 is 22.9 Å². The molecule has 0 aliphatic heterocycles. The third-order valence-electron chi connectivity index (χ3n) is 3.16. The summed E-state index contributed by atoms with van der Waals surface area (Å²) in [4.78, 5) is 21.6. The number of nitriles is 1. The Morgan fingerprint density at radius 1 is 1.22 bits per heavy atom. The van der Waals surface area contributed by atoms with E-state index in [-0.39, 0.29) is 5.91 Å². The largest absolute Gasteiger partial charge is 0.321 e. The molecule has 23 heavy (non-hydrogen) atoms. The summed E-state index contributed by atoms with van der Waals surface area (Å²) in [5.41, 5.74) is 2.61. The molecule has 0 unspecified atom stereocenters. The van der Waals surface area contributed by atoms with Gasteiger partial charge in [-0.25, -0.2) is 4.98 Å². The number of anilines is 1. The second-order valence-electron chi connectivity index (χ2n) is 4.79. The van der Waals surface area contributed by atoms with Crippen LogP contribution in [0.25, 0.3) is 10.7 Å². The second-order valence-corrected chi connectivity index (χ2v) is 5.79. The molecule has 1 N–H and O–H groups in total. The molecule has 3 aromatic rings. The number of thiazole rings is 1. The highest BCUT2D eigenvalue weighted by Gasteiger charge is 2.16. The molecule has 0 aliphatic rings. The van der Waals surface area contributed by atoms with E-state index in [4.69, 9.17) is 5.26 Å². The van der Waals surface area contributed by atoms with Crippen molar-refractivity contribution in [2.75, 3.05) is 5.32 Å². The van der Waals surface area contributed by atoms with Gasteiger partial charge in [0.25, 0.3) is 5.91 Å². The molecule has 0 radical (unpaired) electrons. The fourth-order valence-electron chi connectivity index (χ4n) is 2.02. The van der Waals surface area contributed by atoms with Gasteiger partial charge in [0, 0.05) is 11.9 Å². The standard InChI is InChI=1S/C17H12N4OS/c1-11-15(23-17(20-11)14-4-2-3-9-19-14)16(22)21-13-7-5-12(10-18)6-8-13/h2-9H,1H3,(H,21,22). The molecule has 6 heteroatoms. The minimum Gasteiger partial charge on any atom is -0.321 e. The van der Waals surface area contributed by atoms with E-state index in [1.165, 1.54) is 11.3 Å². The first kappa shape index (κ1) is 14.9. The molecule has 0 saturated carbocycles. The van der Waals surface area contributed by atoms with E-state index in [1.54, 1.807) is 37.4 Å². The molecule has 5 nitrogen and oxygen atoms in total. The van der Waals surface area contributed by atoms with Gasteiger partial charge in [-0.15, -0.1) is 11.3 Å². The average Bonchev–Trinajstić information content (AvgIpc) is 2.98. The van der Waals surface area contributed by atoms with Crippen molar-refractivity contribution in [3.63, 3.8) is 0 Å². The lowest BCUT2D eigenvalue weighted by Gasteiger charge is -2.03. The van der Waals surface area contributed by atoms with Crippen LogP contribution in [0.3, 0.4) is 0 Å². The minimum absolute atomic E-state index is 0.216. The van der Waals surface area contributed by atoms with Crippen molar-refractivity contribution in [2.45, 2.75) is 6.92 Å². The summed E-state index contributed by atoms with van der Waals surface area (Å²) >= 11 is 1.31. The monoisotopic (exact) mass is 320 g/mol. The quantitative estimate of drug-likeness (QED) is 0.799. The zero-order valence-electron chi connectivity index (χ0n) is 12.3. The summed E-state index contributed by atoms with van der Waals surface area (Å²) in [6.45, 7) is 1.80. The van der Waals surface area contributed by atoms with Gasteiger partial charge in [-0.3, -0.25) is 9.78 Å². The van der Waals surface area contributed by atoms with Crippen molar-refractivity contribution in [3.05, 3.63) is 64.8 Å². The number of benzene rings is 1. The van der Waals surface area contributed by atoms with Crippen LogP contribution >= 0.6 is 11.3 Å². The van der Waals surface area contributed by atoms with Crippen molar-refractivity contribution in [3.8, 4) is 16.8 Å². The van der Waals surface area contributed by atoms with Crippen LogP contribution in [0.5, 0.6) is 0 Å². The van der Waals surface area contributed by atoms with E-state index in [2.05, 4.69) is 15.3 Å². The van der Waals surface area contributed by atoms with E-state index in [1.807, 2.05) is 24.3 Å². The summed E-state index contributed by atoms with van der Waals surface area (Å²) in [6.07, 6.45) is 1.70. The molecule has 0 spiro atoms. The molecular weight excluding hydrogens is 308 g/mol. The molecule has 0 fully saturated rings. The fourth-order valence-corrected chi connectivity index (χ4v) is 2.96. The smallest absolute Gasteiger partial charge is 0.267 e. The normalized spacial score (nSPS) is 10.1. The number of nitrogens with one attached hydrogen (secondary N) is 1. The van der Waals surface area contributed by atoms with Crippen LogP contribution in [0, 0.1) is 18.3 Å². The summed E-state index contributed by atoms with van der Waals surface area (Å²) in [6, 6.07) is 14.3. The maximum atomic E-state index is 12.4. The first-order valence-electron chi connectivity index (χ1n) is 6.88. The molecule has 0 saturated heterocycles. The lowest BCUT2D eigenvalue weighted by atomic mass is 10.2. The Morgan fingerprint density at radius 3 is 2.65 bits per heavy atom. The summed E-state index contributed by atoms with van der Waals surface area (Å²) < 4.78 is 0. The summed E-state index contributed by atoms with van der Waals surface area (Å²) in [7, 11) is 0. The molecule has 0 atom stereocenters. The molecule has 0 bridgehead atoms. The van der Waals surface area contributed by atoms with E-state index >= 15 is 0 Å². The van der Waals surface area contributed by atoms with Gasteiger partial charge in [0.05, 0.1) is 23.0 Å². The van der Waals surface area contributed by atoms with Crippen LogP contribution in [0.2, 0.25) is 0 Å². The number of pyridine rings is 1. The third-order valence-corrected chi connectivity index (χ3v) is 4.34. The van der Waals surface area contributed by atoms with Crippen LogP contribution in [-0.4, -0.2) is 15.9 Å². The summed E-state index contributed by atoms with van der Waals surface area (Å²) in [5.74, 6) is -0.216. The Hall–Kier alpha value is -3.04. The molecule has 1 aromatic carbocycles. The zero-order valence-corrected chi connectivity index (χ0v) is 13.1. The highest BCUT2D eigenvalue weighted by atomic mass is 32.1. The van der Waals surface area contributed by atoms with Gasteiger partial charge in [-0.2, -0.15) is 5.26 Å². The SMILES string of the molecule is Cc1nc(-c2ccccn2)sc1C(=O)Nc1ccc(C#N)cc1. The minimum atomic E-state index is -0.216. The van der Waals surface area contributed by atoms with Crippen LogP contribution in [-0.2, 0) is 0 Å². The second kappa shape index (κ2) is 6.38. The van der Waals surface area contributed by atoms with Crippen molar-refractivity contribution < 1.29 is 4.79 Å². The zero-order chi connectivity index (χ0) is 16.2. The van der Waals surface area contributed by atoms with Gasteiger partial charge in [-0.05, 0) is 43.3 Å². The summed E-state index contributed by atoms with van der Waals surface area (Å²) in [5, 5.41) is 12.3. The molecular formula is C17H12N4OS. The topological polar surface area (TPSA) is 78.7 Å². The predicted octanol–water partition coefficient (Wildman–Crippen LogP) is 3.64. The maximum absolute atomic E-state index is 12.4. The number of rotatable bonds is 3. The molecule has 2 heterocycles. The Morgan fingerprint density at radius 2 is 2.00 bits per heavy atom. The lowest BCUT2D eigenvalue weighted by Crippen LogP contribution is -2.11. The molecule has 112 valence electrons. The number of hydrogen-bond acceptors (Lipinski definition) is 5. The van der Waals surface area contributed by atoms with E-state index in [9.17, 15) is 4.79 Å². The Labute approximate surface area is 137 Å².